The van der Waals surface area contributed by atoms with Gasteiger partial charge in [0.2, 0.25) is 5.91 Å². The van der Waals surface area contributed by atoms with Gasteiger partial charge in [-0.2, -0.15) is 13.2 Å². The zero-order valence-corrected chi connectivity index (χ0v) is 20.0. The average Bonchev–Trinajstić information content (AvgIpc) is 3.32. The van der Waals surface area contributed by atoms with Crippen LogP contribution in [0.4, 0.5) is 13.2 Å². The van der Waals surface area contributed by atoms with Crippen molar-refractivity contribution in [2.75, 3.05) is 13.1 Å². The number of alkyl halides is 3. The predicted molar refractivity (Wildman–Crippen MR) is 136 cm³/mol. The zero-order valence-electron chi connectivity index (χ0n) is 20.0. The maximum atomic E-state index is 13.5. The third-order valence-corrected chi connectivity index (χ3v) is 7.33. The van der Waals surface area contributed by atoms with E-state index in [1.54, 1.807) is 6.07 Å². The highest BCUT2D eigenvalue weighted by Crippen LogP contribution is 2.37. The number of benzene rings is 3. The van der Waals surface area contributed by atoms with Crippen LogP contribution in [0.25, 0.3) is 10.9 Å². The first-order valence-corrected chi connectivity index (χ1v) is 12.4. The Balaban J connectivity index is 1.36. The maximum absolute atomic E-state index is 13.5. The van der Waals surface area contributed by atoms with Crippen molar-refractivity contribution in [1.82, 2.24) is 9.88 Å². The topological polar surface area (TPSA) is 36.1 Å². The molecule has 186 valence electrons. The van der Waals surface area contributed by atoms with E-state index < -0.39 is 17.7 Å². The molecule has 0 unspecified atom stereocenters. The van der Waals surface area contributed by atoms with Gasteiger partial charge in [-0.15, -0.1) is 0 Å². The lowest BCUT2D eigenvalue weighted by Gasteiger charge is -2.33. The molecule has 0 saturated carbocycles. The molecule has 6 heteroatoms. The lowest BCUT2D eigenvalue weighted by Crippen LogP contribution is -2.39. The maximum Gasteiger partial charge on any atom is 0.416 e. The Morgan fingerprint density at radius 3 is 2.42 bits per heavy atom. The van der Waals surface area contributed by atoms with Gasteiger partial charge in [0.1, 0.15) is 0 Å². The fraction of sp³-hybridized carbons (Fsp3) is 0.300. The molecule has 36 heavy (non-hydrogen) atoms. The molecule has 1 saturated heterocycles. The van der Waals surface area contributed by atoms with Gasteiger partial charge in [-0.1, -0.05) is 66.7 Å². The molecule has 1 aliphatic heterocycles. The normalized spacial score (nSPS) is 15.8. The van der Waals surface area contributed by atoms with Crippen molar-refractivity contribution >= 4 is 16.8 Å². The lowest BCUT2D eigenvalue weighted by atomic mass is 9.86. The number of nitrogens with zero attached hydrogens (tertiary/aromatic N) is 1. The number of rotatable bonds is 6. The Kier molecular flexibility index (Phi) is 6.86. The van der Waals surface area contributed by atoms with Gasteiger partial charge in [0.05, 0.1) is 5.56 Å². The molecule has 1 aliphatic rings. The minimum Gasteiger partial charge on any atom is -0.361 e. The van der Waals surface area contributed by atoms with Gasteiger partial charge < -0.3 is 9.88 Å². The summed E-state index contributed by atoms with van der Waals surface area (Å²) in [5.41, 5.74) is 2.86. The van der Waals surface area contributed by atoms with Crippen LogP contribution in [0.5, 0.6) is 0 Å². The molecule has 1 amide bonds. The van der Waals surface area contributed by atoms with E-state index in [4.69, 9.17) is 0 Å². The van der Waals surface area contributed by atoms with Crippen LogP contribution in [0, 0.1) is 5.92 Å². The second-order valence-electron chi connectivity index (χ2n) is 9.68. The number of hydrogen-bond acceptors (Lipinski definition) is 1. The molecule has 1 aromatic heterocycles. The summed E-state index contributed by atoms with van der Waals surface area (Å²) in [6.07, 6.45) is 0.391. The van der Waals surface area contributed by atoms with Crippen LogP contribution in [0.3, 0.4) is 0 Å². The Hall–Kier alpha value is -3.54. The molecule has 1 N–H and O–H groups in total. The summed E-state index contributed by atoms with van der Waals surface area (Å²) in [4.78, 5) is 18.6. The molecule has 0 radical (unpaired) electrons. The number of nitrogens with one attached hydrogen (secondary N) is 1. The highest BCUT2D eigenvalue weighted by molar-refractivity contribution is 5.86. The van der Waals surface area contributed by atoms with E-state index in [1.165, 1.54) is 17.7 Å². The van der Waals surface area contributed by atoms with Crippen LogP contribution in [0.15, 0.2) is 85.1 Å². The van der Waals surface area contributed by atoms with Crippen molar-refractivity contribution in [3.8, 4) is 0 Å². The van der Waals surface area contributed by atoms with E-state index in [0.29, 0.717) is 24.6 Å². The van der Waals surface area contributed by atoms with Gasteiger partial charge >= 0.3 is 6.18 Å². The van der Waals surface area contributed by atoms with Crippen LogP contribution in [-0.4, -0.2) is 28.9 Å². The van der Waals surface area contributed by atoms with Crippen molar-refractivity contribution in [3.63, 3.8) is 0 Å². The number of likely N-dealkylation sites (tertiary alicyclic amines) is 1. The molecule has 0 bridgehead atoms. The molecular weight excluding hydrogens is 461 g/mol. The molecule has 0 spiro atoms. The Morgan fingerprint density at radius 2 is 1.67 bits per heavy atom. The van der Waals surface area contributed by atoms with Gasteiger partial charge in [0, 0.05) is 42.5 Å². The molecule has 1 fully saturated rings. The van der Waals surface area contributed by atoms with Crippen molar-refractivity contribution in [3.05, 3.63) is 107 Å². The number of amides is 1. The monoisotopic (exact) mass is 490 g/mol. The van der Waals surface area contributed by atoms with E-state index in [1.807, 2.05) is 53.6 Å². The first kappa shape index (κ1) is 24.2. The number of hydrogen-bond donors (Lipinski definition) is 1. The summed E-state index contributed by atoms with van der Waals surface area (Å²) in [5, 5.41) is 0.925. The molecule has 0 aliphatic carbocycles. The van der Waals surface area contributed by atoms with Gasteiger partial charge in [0.25, 0.3) is 0 Å². The Bertz CT molecular complexity index is 1320. The van der Waals surface area contributed by atoms with Gasteiger partial charge in [-0.3, -0.25) is 4.79 Å². The van der Waals surface area contributed by atoms with E-state index in [0.717, 1.165) is 41.8 Å². The van der Waals surface area contributed by atoms with E-state index >= 15 is 0 Å². The second-order valence-corrected chi connectivity index (χ2v) is 9.68. The highest BCUT2D eigenvalue weighted by Gasteiger charge is 2.32. The summed E-state index contributed by atoms with van der Waals surface area (Å²) in [6, 6.07) is 23.5. The first-order valence-electron chi connectivity index (χ1n) is 12.4. The molecule has 4 aromatic rings. The fourth-order valence-corrected chi connectivity index (χ4v) is 5.36. The summed E-state index contributed by atoms with van der Waals surface area (Å²) in [7, 11) is 0. The first-order chi connectivity index (χ1) is 17.4. The third-order valence-electron chi connectivity index (χ3n) is 7.33. The van der Waals surface area contributed by atoms with Crippen LogP contribution in [0.2, 0.25) is 0 Å². The Labute approximate surface area is 208 Å². The van der Waals surface area contributed by atoms with Gasteiger partial charge in [-0.05, 0) is 54.0 Å². The number of para-hydroxylation sites is 1. The molecule has 3 aromatic carbocycles. The standard InChI is InChI=1S/C30H29F3N2O/c31-30(32,33)24-10-6-9-23(18-24)26(27-20-34-28-12-5-4-11-25(27)28)19-29(36)35-15-13-22(14-16-35)17-21-7-2-1-3-8-21/h1-12,18,20,22,26,34H,13-17,19H2/t26-/m1/s1. The number of piperidine rings is 1. The average molecular weight is 491 g/mol. The summed E-state index contributed by atoms with van der Waals surface area (Å²) in [6.45, 7) is 1.36. The smallest absolute Gasteiger partial charge is 0.361 e. The van der Waals surface area contributed by atoms with Crippen LogP contribution in [0.1, 0.15) is 47.4 Å². The van der Waals surface area contributed by atoms with Crippen molar-refractivity contribution < 1.29 is 18.0 Å². The van der Waals surface area contributed by atoms with Crippen LogP contribution in [-0.2, 0) is 17.4 Å². The van der Waals surface area contributed by atoms with Gasteiger partial charge in [0.15, 0.2) is 0 Å². The van der Waals surface area contributed by atoms with Crippen molar-refractivity contribution in [1.29, 1.82) is 0 Å². The van der Waals surface area contributed by atoms with E-state index in [-0.39, 0.29) is 12.3 Å². The van der Waals surface area contributed by atoms with Gasteiger partial charge in [-0.25, -0.2) is 0 Å². The Morgan fingerprint density at radius 1 is 0.944 bits per heavy atom. The molecule has 3 nitrogen and oxygen atoms in total. The number of carbonyl (C=O) groups excluding carboxylic acids is 1. The van der Waals surface area contributed by atoms with E-state index in [2.05, 4.69) is 17.1 Å². The number of halogens is 3. The van der Waals surface area contributed by atoms with Crippen LogP contribution >= 0.6 is 0 Å². The molecule has 2 heterocycles. The van der Waals surface area contributed by atoms with Crippen molar-refractivity contribution in [2.24, 2.45) is 5.92 Å². The molecule has 5 rings (SSSR count). The summed E-state index contributed by atoms with van der Waals surface area (Å²) < 4.78 is 40.5. The summed E-state index contributed by atoms with van der Waals surface area (Å²) >= 11 is 0. The number of aromatic amines is 1. The summed E-state index contributed by atoms with van der Waals surface area (Å²) in [5.74, 6) is 0.0446. The predicted octanol–water partition coefficient (Wildman–Crippen LogP) is 7.19. The second kappa shape index (κ2) is 10.2. The number of carbonyl (C=O) groups is 1. The third kappa shape index (κ3) is 5.32. The zero-order chi connectivity index (χ0) is 25.1. The van der Waals surface area contributed by atoms with Crippen LogP contribution < -0.4 is 0 Å². The molecular formula is C30H29F3N2O. The number of H-pyrrole nitrogens is 1. The number of fused-ring (bicyclic) bond motifs is 1. The minimum absolute atomic E-state index is 0.0131. The molecule has 1 atom stereocenters. The van der Waals surface area contributed by atoms with E-state index in [9.17, 15) is 18.0 Å². The highest BCUT2D eigenvalue weighted by atomic mass is 19.4. The minimum atomic E-state index is -4.44. The SMILES string of the molecule is O=C(C[C@H](c1cccc(C(F)(F)F)c1)c1c[nH]c2ccccc12)N1CCC(Cc2ccccc2)CC1. The lowest BCUT2D eigenvalue weighted by molar-refractivity contribution is -0.137. The fourth-order valence-electron chi connectivity index (χ4n) is 5.36. The largest absolute Gasteiger partial charge is 0.416 e. The van der Waals surface area contributed by atoms with Crippen molar-refractivity contribution in [2.45, 2.75) is 37.8 Å². The number of aromatic nitrogens is 1. The quantitative estimate of drug-likeness (QED) is 0.305.